The minimum atomic E-state index is -0.395. The number of carbonyl (C=O) groups is 1. The summed E-state index contributed by atoms with van der Waals surface area (Å²) in [6.45, 7) is 10.3. The zero-order valence-electron chi connectivity index (χ0n) is 16.2. The molecular formula is C20H29N5O. The van der Waals surface area contributed by atoms with Crippen LogP contribution in [0, 0.1) is 0 Å². The second kappa shape index (κ2) is 9.29. The smallest absolute Gasteiger partial charge is 0.248 e. The number of nitrogens with two attached hydrogens (primary N) is 1. The molecule has 1 aromatic carbocycles. The number of nitrogens with zero attached hydrogens (tertiary/aromatic N) is 4. The minimum absolute atomic E-state index is 0.395. The molecule has 0 aliphatic heterocycles. The average Bonchev–Trinajstić information content (AvgIpc) is 2.68. The van der Waals surface area contributed by atoms with E-state index in [-0.39, 0.29) is 0 Å². The van der Waals surface area contributed by atoms with Gasteiger partial charge in [0.2, 0.25) is 11.9 Å². The van der Waals surface area contributed by atoms with E-state index in [9.17, 15) is 4.79 Å². The molecule has 1 heterocycles. The van der Waals surface area contributed by atoms with Gasteiger partial charge in [0.1, 0.15) is 0 Å². The van der Waals surface area contributed by atoms with Crippen LogP contribution in [0.4, 0.5) is 5.95 Å². The van der Waals surface area contributed by atoms with Crippen molar-refractivity contribution in [3.8, 4) is 11.3 Å². The fraction of sp³-hybridized carbons (Fsp3) is 0.450. The summed E-state index contributed by atoms with van der Waals surface area (Å²) in [7, 11) is 2.01. The monoisotopic (exact) mass is 355 g/mol. The van der Waals surface area contributed by atoms with E-state index in [1.165, 1.54) is 0 Å². The number of anilines is 1. The van der Waals surface area contributed by atoms with Crippen LogP contribution in [0.15, 0.2) is 30.5 Å². The first kappa shape index (κ1) is 19.8. The third kappa shape index (κ3) is 4.79. The summed E-state index contributed by atoms with van der Waals surface area (Å²) in [6, 6.07) is 7.55. The van der Waals surface area contributed by atoms with Gasteiger partial charge in [-0.1, -0.05) is 26.8 Å². The van der Waals surface area contributed by atoms with Gasteiger partial charge in [0.25, 0.3) is 0 Å². The molecule has 0 aliphatic carbocycles. The molecule has 0 bridgehead atoms. The van der Waals surface area contributed by atoms with Gasteiger partial charge in [0, 0.05) is 37.5 Å². The van der Waals surface area contributed by atoms with Gasteiger partial charge >= 0.3 is 0 Å². The Kier molecular flexibility index (Phi) is 7.09. The number of likely N-dealkylation sites (N-methyl/N-ethyl adjacent to an activating group) is 2. The first-order valence-corrected chi connectivity index (χ1v) is 9.19. The van der Waals surface area contributed by atoms with E-state index < -0.39 is 5.91 Å². The Hall–Kier alpha value is -2.47. The van der Waals surface area contributed by atoms with Crippen molar-refractivity contribution in [1.29, 1.82) is 0 Å². The molecule has 6 nitrogen and oxygen atoms in total. The molecular weight excluding hydrogens is 326 g/mol. The lowest BCUT2D eigenvalue weighted by Gasteiger charge is -2.23. The van der Waals surface area contributed by atoms with Crippen LogP contribution in [0.5, 0.6) is 0 Å². The van der Waals surface area contributed by atoms with Crippen molar-refractivity contribution in [3.63, 3.8) is 0 Å². The van der Waals surface area contributed by atoms with Gasteiger partial charge in [-0.15, -0.1) is 0 Å². The molecule has 2 aromatic rings. The van der Waals surface area contributed by atoms with Gasteiger partial charge < -0.3 is 15.5 Å². The normalized spacial score (nSPS) is 11.0. The van der Waals surface area contributed by atoms with E-state index >= 15 is 0 Å². The number of aryl methyl sites for hydroxylation is 1. The molecule has 6 heteroatoms. The Morgan fingerprint density at radius 1 is 1.12 bits per heavy atom. The van der Waals surface area contributed by atoms with Crippen molar-refractivity contribution < 1.29 is 4.79 Å². The van der Waals surface area contributed by atoms with Crippen molar-refractivity contribution in [2.24, 2.45) is 5.73 Å². The topological polar surface area (TPSA) is 75.3 Å². The van der Waals surface area contributed by atoms with Crippen LogP contribution >= 0.6 is 0 Å². The first-order valence-electron chi connectivity index (χ1n) is 9.19. The maximum Gasteiger partial charge on any atom is 0.248 e. The van der Waals surface area contributed by atoms with Crippen molar-refractivity contribution in [2.45, 2.75) is 27.2 Å². The summed E-state index contributed by atoms with van der Waals surface area (Å²) in [5, 5.41) is 0. The highest BCUT2D eigenvalue weighted by Gasteiger charge is 2.11. The van der Waals surface area contributed by atoms with E-state index in [0.717, 1.165) is 49.4 Å². The van der Waals surface area contributed by atoms with Crippen LogP contribution in [0.25, 0.3) is 11.3 Å². The second-order valence-electron chi connectivity index (χ2n) is 6.28. The van der Waals surface area contributed by atoms with Gasteiger partial charge in [0.15, 0.2) is 0 Å². The molecule has 140 valence electrons. The first-order chi connectivity index (χ1) is 12.5. The van der Waals surface area contributed by atoms with E-state index in [4.69, 9.17) is 10.7 Å². The number of hydrogen-bond acceptors (Lipinski definition) is 5. The predicted molar refractivity (Wildman–Crippen MR) is 106 cm³/mol. The minimum Gasteiger partial charge on any atom is -0.366 e. The van der Waals surface area contributed by atoms with Crippen LogP contribution in [-0.4, -0.2) is 54.0 Å². The van der Waals surface area contributed by atoms with Crippen molar-refractivity contribution in [1.82, 2.24) is 14.9 Å². The maximum absolute atomic E-state index is 11.5. The van der Waals surface area contributed by atoms with Crippen LogP contribution in [0.3, 0.4) is 0 Å². The predicted octanol–water partition coefficient (Wildman–Crippen LogP) is 2.58. The highest BCUT2D eigenvalue weighted by atomic mass is 16.1. The number of benzene rings is 1. The highest BCUT2D eigenvalue weighted by molar-refractivity contribution is 5.95. The lowest BCUT2D eigenvalue weighted by atomic mass is 10.00. The van der Waals surface area contributed by atoms with E-state index in [0.29, 0.717) is 11.5 Å². The van der Waals surface area contributed by atoms with Crippen LogP contribution in [0.1, 0.15) is 36.7 Å². The number of hydrogen-bond donors (Lipinski definition) is 1. The molecule has 0 spiro atoms. The summed E-state index contributed by atoms with van der Waals surface area (Å²) in [5.41, 5.74) is 8.76. The van der Waals surface area contributed by atoms with Crippen LogP contribution < -0.4 is 10.6 Å². The Bertz CT molecular complexity index is 743. The number of amides is 1. The van der Waals surface area contributed by atoms with Gasteiger partial charge in [-0.05, 0) is 43.3 Å². The van der Waals surface area contributed by atoms with E-state index in [1.54, 1.807) is 12.3 Å². The third-order valence-corrected chi connectivity index (χ3v) is 4.68. The molecule has 0 saturated carbocycles. The van der Waals surface area contributed by atoms with Crippen LogP contribution in [-0.2, 0) is 6.42 Å². The summed E-state index contributed by atoms with van der Waals surface area (Å²) in [4.78, 5) is 25.1. The zero-order valence-corrected chi connectivity index (χ0v) is 16.2. The molecule has 0 aliphatic rings. The van der Waals surface area contributed by atoms with E-state index in [2.05, 4.69) is 28.6 Å². The summed E-state index contributed by atoms with van der Waals surface area (Å²) < 4.78 is 0. The number of primary amides is 1. The Morgan fingerprint density at radius 2 is 1.85 bits per heavy atom. The standard InChI is InChI=1S/C20H29N5O/c1-5-15-14-16(8-9-17(15)19(21)26)18-10-11-22-20(23-18)24(4)12-13-25(6-2)7-3/h8-11,14H,5-7,12-13H2,1-4H3,(H2,21,26). The average molecular weight is 355 g/mol. The van der Waals surface area contributed by atoms with Gasteiger partial charge in [0.05, 0.1) is 5.69 Å². The van der Waals surface area contributed by atoms with Crippen molar-refractivity contribution >= 4 is 11.9 Å². The van der Waals surface area contributed by atoms with Crippen LogP contribution in [0.2, 0.25) is 0 Å². The van der Waals surface area contributed by atoms with Crippen molar-refractivity contribution in [3.05, 3.63) is 41.6 Å². The Labute approximate surface area is 156 Å². The van der Waals surface area contributed by atoms with Gasteiger partial charge in [-0.3, -0.25) is 4.79 Å². The fourth-order valence-electron chi connectivity index (χ4n) is 2.91. The summed E-state index contributed by atoms with van der Waals surface area (Å²) in [5.74, 6) is 0.305. The molecule has 0 atom stereocenters. The molecule has 26 heavy (non-hydrogen) atoms. The molecule has 1 amide bonds. The fourth-order valence-corrected chi connectivity index (χ4v) is 2.91. The quantitative estimate of drug-likeness (QED) is 0.748. The number of carbonyl (C=O) groups excluding carboxylic acids is 1. The largest absolute Gasteiger partial charge is 0.366 e. The molecule has 0 unspecified atom stereocenters. The molecule has 2 N–H and O–H groups in total. The molecule has 0 fully saturated rings. The Balaban J connectivity index is 2.22. The lowest BCUT2D eigenvalue weighted by Crippen LogP contribution is -2.33. The SMILES string of the molecule is CCc1cc(-c2ccnc(N(C)CCN(CC)CC)n2)ccc1C(N)=O. The lowest BCUT2D eigenvalue weighted by molar-refractivity contribution is 0.0999. The van der Waals surface area contributed by atoms with Crippen molar-refractivity contribution in [2.75, 3.05) is 38.1 Å². The third-order valence-electron chi connectivity index (χ3n) is 4.68. The summed E-state index contributed by atoms with van der Waals surface area (Å²) >= 11 is 0. The molecule has 1 aromatic heterocycles. The number of aromatic nitrogens is 2. The number of rotatable bonds is 9. The zero-order chi connectivity index (χ0) is 19.1. The van der Waals surface area contributed by atoms with Gasteiger partial charge in [-0.2, -0.15) is 0 Å². The molecule has 2 rings (SSSR count). The van der Waals surface area contributed by atoms with Gasteiger partial charge in [-0.25, -0.2) is 9.97 Å². The summed E-state index contributed by atoms with van der Waals surface area (Å²) in [6.07, 6.45) is 2.52. The highest BCUT2D eigenvalue weighted by Crippen LogP contribution is 2.22. The maximum atomic E-state index is 11.5. The van der Waals surface area contributed by atoms with E-state index in [1.807, 2.05) is 32.2 Å². The Morgan fingerprint density at radius 3 is 2.46 bits per heavy atom. The second-order valence-corrected chi connectivity index (χ2v) is 6.28. The molecule has 0 radical (unpaired) electrons. The molecule has 0 saturated heterocycles.